The minimum absolute atomic E-state index is 0.158. The van der Waals surface area contributed by atoms with E-state index in [9.17, 15) is 16.8 Å². The summed E-state index contributed by atoms with van der Waals surface area (Å²) in [5.74, 6) is 0. The van der Waals surface area contributed by atoms with Crippen LogP contribution >= 0.6 is 0 Å². The molecule has 0 aliphatic carbocycles. The predicted octanol–water partition coefficient (Wildman–Crippen LogP) is 1.13. The number of aryl methyl sites for hydroxylation is 1. The Morgan fingerprint density at radius 2 is 1.65 bits per heavy atom. The minimum atomic E-state index is -4.39. The first-order valence-electron chi connectivity index (χ1n) is 4.74. The maximum atomic E-state index is 11.0. The van der Waals surface area contributed by atoms with Gasteiger partial charge in [-0.05, 0) is 30.2 Å². The maximum absolute atomic E-state index is 11.0. The Morgan fingerprint density at radius 3 is 2.06 bits per heavy atom. The third-order valence-corrected chi connectivity index (χ3v) is 3.93. The van der Waals surface area contributed by atoms with Gasteiger partial charge in [-0.3, -0.25) is 9.11 Å². The van der Waals surface area contributed by atoms with Crippen molar-refractivity contribution in [3.05, 3.63) is 23.8 Å². The molecule has 0 unspecified atom stereocenters. The van der Waals surface area contributed by atoms with Crippen LogP contribution in [0.15, 0.2) is 28.0 Å². The van der Waals surface area contributed by atoms with Crippen molar-refractivity contribution in [3.63, 3.8) is 0 Å². The fourth-order valence-electron chi connectivity index (χ4n) is 1.43. The monoisotopic (exact) mass is 280 g/mol. The fourth-order valence-corrected chi connectivity index (χ4v) is 2.70. The maximum Gasteiger partial charge on any atom is 0.294 e. The molecule has 0 atom stereocenters. The van der Waals surface area contributed by atoms with Crippen LogP contribution in [-0.2, 0) is 26.7 Å². The zero-order chi connectivity index (χ0) is 13.3. The Balaban J connectivity index is 3.48. The van der Waals surface area contributed by atoms with Crippen molar-refractivity contribution < 1.29 is 25.9 Å². The highest BCUT2D eigenvalue weighted by molar-refractivity contribution is 7.86. The van der Waals surface area contributed by atoms with Crippen molar-refractivity contribution in [2.24, 2.45) is 0 Å². The van der Waals surface area contributed by atoms with Crippen molar-refractivity contribution in [2.75, 3.05) is 0 Å². The van der Waals surface area contributed by atoms with Crippen LogP contribution in [0.25, 0.3) is 0 Å². The number of hydrogen-bond acceptors (Lipinski definition) is 4. The normalized spacial score (nSPS) is 12.6. The van der Waals surface area contributed by atoms with Gasteiger partial charge in [0.05, 0.1) is 9.79 Å². The van der Waals surface area contributed by atoms with E-state index in [4.69, 9.17) is 9.11 Å². The Morgan fingerprint density at radius 1 is 1.06 bits per heavy atom. The molecule has 96 valence electrons. The summed E-state index contributed by atoms with van der Waals surface area (Å²) in [4.78, 5) is -0.736. The van der Waals surface area contributed by atoms with Crippen molar-refractivity contribution in [2.45, 2.75) is 29.6 Å². The van der Waals surface area contributed by atoms with Gasteiger partial charge in [-0.2, -0.15) is 16.8 Å². The van der Waals surface area contributed by atoms with E-state index >= 15 is 0 Å². The number of rotatable bonds is 4. The molecule has 1 aromatic rings. The van der Waals surface area contributed by atoms with Crippen molar-refractivity contribution >= 4 is 20.2 Å². The zero-order valence-electron chi connectivity index (χ0n) is 8.99. The molecule has 8 heteroatoms. The summed E-state index contributed by atoms with van der Waals surface area (Å²) in [6, 6.07) is 2.93. The minimum Gasteiger partial charge on any atom is -0.282 e. The van der Waals surface area contributed by atoms with Crippen LogP contribution < -0.4 is 0 Å². The molecule has 0 saturated heterocycles. The molecule has 0 aliphatic rings. The predicted molar refractivity (Wildman–Crippen MR) is 60.1 cm³/mol. The van der Waals surface area contributed by atoms with E-state index in [1.807, 2.05) is 0 Å². The Hall–Kier alpha value is -0.960. The van der Waals surface area contributed by atoms with Gasteiger partial charge in [0, 0.05) is 0 Å². The van der Waals surface area contributed by atoms with Crippen LogP contribution in [0.1, 0.15) is 18.9 Å². The van der Waals surface area contributed by atoms with Crippen molar-refractivity contribution in [1.29, 1.82) is 0 Å². The molecule has 0 heterocycles. The van der Waals surface area contributed by atoms with E-state index < -0.39 is 25.1 Å². The van der Waals surface area contributed by atoms with E-state index in [0.717, 1.165) is 18.2 Å². The quantitative estimate of drug-likeness (QED) is 0.800. The average Bonchev–Trinajstić information content (AvgIpc) is 2.15. The van der Waals surface area contributed by atoms with E-state index in [0.29, 0.717) is 6.42 Å². The second-order valence-electron chi connectivity index (χ2n) is 3.47. The first-order chi connectivity index (χ1) is 7.66. The van der Waals surface area contributed by atoms with Crippen LogP contribution in [0.4, 0.5) is 0 Å². The van der Waals surface area contributed by atoms with Crippen LogP contribution in [0.2, 0.25) is 0 Å². The molecular weight excluding hydrogens is 268 g/mol. The SMILES string of the molecule is CCCc1cc(S(=O)(=O)O)ccc1S(=O)(=O)O. The van der Waals surface area contributed by atoms with Gasteiger partial charge in [-0.25, -0.2) is 0 Å². The molecule has 0 fully saturated rings. The molecule has 0 spiro atoms. The molecule has 1 rings (SSSR count). The Kier molecular flexibility index (Phi) is 3.92. The molecule has 0 saturated carbocycles. The molecule has 0 radical (unpaired) electrons. The van der Waals surface area contributed by atoms with Gasteiger partial charge >= 0.3 is 0 Å². The lowest BCUT2D eigenvalue weighted by atomic mass is 10.1. The lowest BCUT2D eigenvalue weighted by molar-refractivity contribution is 0.477. The van der Waals surface area contributed by atoms with Crippen molar-refractivity contribution in [3.8, 4) is 0 Å². The van der Waals surface area contributed by atoms with Gasteiger partial charge in [-0.15, -0.1) is 0 Å². The van der Waals surface area contributed by atoms with Crippen LogP contribution in [0.5, 0.6) is 0 Å². The van der Waals surface area contributed by atoms with Gasteiger partial charge in [0.2, 0.25) is 0 Å². The van der Waals surface area contributed by atoms with E-state index in [-0.39, 0.29) is 16.9 Å². The lowest BCUT2D eigenvalue weighted by Gasteiger charge is -2.07. The summed E-state index contributed by atoms with van der Waals surface area (Å²) in [5, 5.41) is 0. The zero-order valence-corrected chi connectivity index (χ0v) is 10.6. The Labute approximate surface area is 99.8 Å². The molecule has 0 aromatic heterocycles. The molecule has 0 bridgehead atoms. The smallest absolute Gasteiger partial charge is 0.282 e. The first kappa shape index (κ1) is 14.1. The molecule has 1 aromatic carbocycles. The van der Waals surface area contributed by atoms with Gasteiger partial charge in [0.25, 0.3) is 20.2 Å². The molecule has 0 amide bonds. The molecular formula is C9H12O6S2. The third-order valence-electron chi connectivity index (χ3n) is 2.13. The third kappa shape index (κ3) is 3.50. The van der Waals surface area contributed by atoms with Gasteiger partial charge < -0.3 is 0 Å². The van der Waals surface area contributed by atoms with Gasteiger partial charge in [-0.1, -0.05) is 13.3 Å². The van der Waals surface area contributed by atoms with Crippen LogP contribution in [0.3, 0.4) is 0 Å². The largest absolute Gasteiger partial charge is 0.294 e. The van der Waals surface area contributed by atoms with E-state index in [1.54, 1.807) is 6.92 Å². The highest BCUT2D eigenvalue weighted by Crippen LogP contribution is 2.21. The molecule has 0 aliphatic heterocycles. The highest BCUT2D eigenvalue weighted by atomic mass is 32.2. The standard InChI is InChI=1S/C9H12O6S2/c1-2-3-7-6-8(16(10,11)12)4-5-9(7)17(13,14)15/h4-6H,2-3H2,1H3,(H,10,11,12)(H,13,14,15). The van der Waals surface area contributed by atoms with E-state index in [2.05, 4.69) is 0 Å². The lowest BCUT2D eigenvalue weighted by Crippen LogP contribution is -2.06. The first-order valence-corrected chi connectivity index (χ1v) is 7.62. The fraction of sp³-hybridized carbons (Fsp3) is 0.333. The summed E-state index contributed by atoms with van der Waals surface area (Å²) < 4.78 is 61.6. The average molecular weight is 280 g/mol. The second-order valence-corrected chi connectivity index (χ2v) is 6.28. The van der Waals surface area contributed by atoms with Crippen LogP contribution in [0, 0.1) is 0 Å². The van der Waals surface area contributed by atoms with Gasteiger partial charge in [0.1, 0.15) is 0 Å². The topological polar surface area (TPSA) is 109 Å². The molecule has 2 N–H and O–H groups in total. The number of hydrogen-bond donors (Lipinski definition) is 2. The summed E-state index contributed by atoms with van der Waals surface area (Å²) >= 11 is 0. The Bertz CT molecular complexity index is 615. The summed E-state index contributed by atoms with van der Waals surface area (Å²) in [7, 11) is -8.78. The summed E-state index contributed by atoms with van der Waals surface area (Å²) in [6.07, 6.45) is 0.843. The summed E-state index contributed by atoms with van der Waals surface area (Å²) in [5.41, 5.74) is 0.158. The molecule has 17 heavy (non-hydrogen) atoms. The van der Waals surface area contributed by atoms with E-state index in [1.165, 1.54) is 0 Å². The molecule has 6 nitrogen and oxygen atoms in total. The second kappa shape index (κ2) is 4.73. The summed E-state index contributed by atoms with van der Waals surface area (Å²) in [6.45, 7) is 1.77. The highest BCUT2D eigenvalue weighted by Gasteiger charge is 2.18. The van der Waals surface area contributed by atoms with Crippen LogP contribution in [-0.4, -0.2) is 25.9 Å². The number of benzene rings is 1. The van der Waals surface area contributed by atoms with Gasteiger partial charge in [0.15, 0.2) is 0 Å². The van der Waals surface area contributed by atoms with Crippen molar-refractivity contribution in [1.82, 2.24) is 0 Å².